The Morgan fingerprint density at radius 3 is 2.55 bits per heavy atom. The number of anilines is 2. The van der Waals surface area contributed by atoms with Gasteiger partial charge in [0.25, 0.3) is 5.91 Å². The molecule has 0 bridgehead atoms. The van der Waals surface area contributed by atoms with Crippen molar-refractivity contribution in [3.63, 3.8) is 0 Å². The lowest BCUT2D eigenvalue weighted by atomic mass is 10.1. The maximum atomic E-state index is 12.4. The molecule has 1 heterocycles. The monoisotopic (exact) mass is 420 g/mol. The van der Waals surface area contributed by atoms with Crippen molar-refractivity contribution in [2.24, 2.45) is 0 Å². The molecule has 0 fully saturated rings. The second-order valence-corrected chi connectivity index (χ2v) is 7.25. The third-order valence-electron chi connectivity index (χ3n) is 4.74. The average molecular weight is 421 g/mol. The summed E-state index contributed by atoms with van der Waals surface area (Å²) < 4.78 is 12.8. The second kappa shape index (κ2) is 10.3. The number of carbonyl (C=O) groups excluding carboxylic acids is 1. The Balaban J connectivity index is 1.59. The molecule has 7 nitrogen and oxygen atoms in total. The van der Waals surface area contributed by atoms with Crippen LogP contribution in [0.3, 0.4) is 0 Å². The molecule has 1 amide bonds. The van der Waals surface area contributed by atoms with Crippen molar-refractivity contribution >= 4 is 17.4 Å². The van der Waals surface area contributed by atoms with Crippen LogP contribution >= 0.6 is 0 Å². The molecule has 3 rings (SSSR count). The van der Waals surface area contributed by atoms with Gasteiger partial charge in [0.1, 0.15) is 5.82 Å². The van der Waals surface area contributed by atoms with E-state index in [1.165, 1.54) is 0 Å². The lowest BCUT2D eigenvalue weighted by molar-refractivity contribution is -0.118. The van der Waals surface area contributed by atoms with Gasteiger partial charge in [-0.05, 0) is 41.8 Å². The summed E-state index contributed by atoms with van der Waals surface area (Å²) in [5.41, 5.74) is 3.28. The Kier molecular flexibility index (Phi) is 7.32. The predicted molar refractivity (Wildman–Crippen MR) is 123 cm³/mol. The number of rotatable bonds is 10. The van der Waals surface area contributed by atoms with Gasteiger partial charge in [0, 0.05) is 25.8 Å². The van der Waals surface area contributed by atoms with E-state index in [1.54, 1.807) is 30.1 Å². The van der Waals surface area contributed by atoms with Crippen molar-refractivity contribution in [1.82, 2.24) is 9.78 Å². The normalized spacial score (nSPS) is 10.4. The average Bonchev–Trinajstić information content (AvgIpc) is 3.19. The number of allylic oxidation sites excluding steroid dienone is 1. The van der Waals surface area contributed by atoms with Crippen LogP contribution in [-0.2, 0) is 17.8 Å². The summed E-state index contributed by atoms with van der Waals surface area (Å²) in [6.45, 7) is 4.15. The summed E-state index contributed by atoms with van der Waals surface area (Å²) in [6, 6.07) is 15.6. The molecule has 3 aromatic rings. The number of hydrogen-bond donors (Lipinski definition) is 1. The quantitative estimate of drug-likeness (QED) is 0.506. The number of ether oxygens (including phenoxy) is 2. The molecule has 0 aliphatic rings. The minimum Gasteiger partial charge on any atom is -0.493 e. The fourth-order valence-corrected chi connectivity index (χ4v) is 3.08. The molecule has 31 heavy (non-hydrogen) atoms. The smallest absolute Gasteiger partial charge is 0.263 e. The molecule has 162 valence electrons. The number of carbonyl (C=O) groups is 1. The van der Waals surface area contributed by atoms with Crippen LogP contribution in [0.5, 0.6) is 11.5 Å². The van der Waals surface area contributed by atoms with Crippen LogP contribution < -0.4 is 19.7 Å². The lowest BCUT2D eigenvalue weighted by Crippen LogP contribution is -2.22. The van der Waals surface area contributed by atoms with Crippen LogP contribution in [0.25, 0.3) is 0 Å². The van der Waals surface area contributed by atoms with Crippen LogP contribution in [-0.4, -0.2) is 43.5 Å². The van der Waals surface area contributed by atoms with Crippen molar-refractivity contribution < 1.29 is 14.3 Å². The largest absolute Gasteiger partial charge is 0.493 e. The summed E-state index contributed by atoms with van der Waals surface area (Å²) in [5.74, 6) is 1.43. The summed E-state index contributed by atoms with van der Waals surface area (Å²) in [6.07, 6.45) is 4.22. The lowest BCUT2D eigenvalue weighted by Gasteiger charge is -2.14. The Hall–Kier alpha value is -3.74. The molecule has 0 unspecified atom stereocenters. The first-order chi connectivity index (χ1) is 15.0. The topological polar surface area (TPSA) is 68.6 Å². The van der Waals surface area contributed by atoms with Crippen LogP contribution in [0.2, 0.25) is 0 Å². The van der Waals surface area contributed by atoms with Crippen molar-refractivity contribution in [3.05, 3.63) is 78.5 Å². The Bertz CT molecular complexity index is 1030. The number of methoxy groups -OCH3 is 1. The number of nitrogens with one attached hydrogen (secondary N) is 1. The summed E-state index contributed by atoms with van der Waals surface area (Å²) in [5, 5.41) is 7.17. The molecular formula is C24H28N4O3. The van der Waals surface area contributed by atoms with E-state index in [4.69, 9.17) is 9.47 Å². The van der Waals surface area contributed by atoms with Gasteiger partial charge in [-0.25, -0.2) is 4.68 Å². The Labute approximate surface area is 182 Å². The maximum absolute atomic E-state index is 12.4. The number of amides is 1. The highest BCUT2D eigenvalue weighted by Gasteiger charge is 2.11. The van der Waals surface area contributed by atoms with E-state index in [1.807, 2.05) is 49.3 Å². The molecule has 0 radical (unpaired) electrons. The highest BCUT2D eigenvalue weighted by atomic mass is 16.5. The molecule has 0 saturated heterocycles. The van der Waals surface area contributed by atoms with Crippen molar-refractivity contribution in [1.29, 1.82) is 0 Å². The summed E-state index contributed by atoms with van der Waals surface area (Å²) >= 11 is 0. The van der Waals surface area contributed by atoms with E-state index in [9.17, 15) is 4.79 Å². The molecular weight excluding hydrogens is 392 g/mol. The van der Waals surface area contributed by atoms with E-state index in [-0.39, 0.29) is 12.5 Å². The fraction of sp³-hybridized carbons (Fsp3) is 0.250. The number of nitrogens with zero attached hydrogens (tertiary/aromatic N) is 3. The highest BCUT2D eigenvalue weighted by molar-refractivity contribution is 5.91. The SMILES string of the molecule is C=CCc1ccc(OCC(=O)Nc2ccnn2Cc2ccc(N(C)C)cc2)c(OC)c1. The zero-order chi connectivity index (χ0) is 22.2. The minimum atomic E-state index is -0.276. The van der Waals surface area contributed by atoms with Crippen molar-refractivity contribution in [2.45, 2.75) is 13.0 Å². The summed E-state index contributed by atoms with van der Waals surface area (Å²) in [4.78, 5) is 14.5. The number of aromatic nitrogens is 2. The standard InChI is InChI=1S/C24H28N4O3/c1-5-6-18-9-12-21(22(15-18)30-4)31-17-24(29)26-23-13-14-25-28(23)16-19-7-10-20(11-8-19)27(2)3/h5,7-15H,1,6,16-17H2,2-4H3,(H,26,29). The zero-order valence-corrected chi connectivity index (χ0v) is 18.2. The van der Waals surface area contributed by atoms with Crippen LogP contribution in [0.1, 0.15) is 11.1 Å². The molecule has 0 spiro atoms. The number of hydrogen-bond acceptors (Lipinski definition) is 5. The first-order valence-corrected chi connectivity index (χ1v) is 9.98. The van der Waals surface area contributed by atoms with Gasteiger partial charge in [-0.2, -0.15) is 5.10 Å². The Morgan fingerprint density at radius 2 is 1.87 bits per heavy atom. The summed E-state index contributed by atoms with van der Waals surface area (Å²) in [7, 11) is 5.58. The van der Waals surface area contributed by atoms with Gasteiger partial charge >= 0.3 is 0 Å². The Morgan fingerprint density at radius 1 is 1.13 bits per heavy atom. The number of benzene rings is 2. The predicted octanol–water partition coefficient (Wildman–Crippen LogP) is 3.75. The molecule has 1 aromatic heterocycles. The van der Waals surface area contributed by atoms with Gasteiger partial charge in [-0.3, -0.25) is 4.79 Å². The van der Waals surface area contributed by atoms with Crippen LogP contribution in [0, 0.1) is 0 Å². The van der Waals surface area contributed by atoms with Gasteiger partial charge in [-0.15, -0.1) is 6.58 Å². The molecule has 1 N–H and O–H groups in total. The molecule has 7 heteroatoms. The minimum absolute atomic E-state index is 0.139. The highest BCUT2D eigenvalue weighted by Crippen LogP contribution is 2.28. The molecule has 0 aliphatic carbocycles. The van der Waals surface area contributed by atoms with E-state index >= 15 is 0 Å². The first kappa shape index (κ1) is 22.0. The van der Waals surface area contributed by atoms with Crippen LogP contribution in [0.15, 0.2) is 67.4 Å². The fourth-order valence-electron chi connectivity index (χ4n) is 3.08. The molecule has 0 saturated carbocycles. The molecule has 0 atom stereocenters. The zero-order valence-electron chi connectivity index (χ0n) is 18.2. The van der Waals surface area contributed by atoms with Gasteiger partial charge in [0.05, 0.1) is 19.9 Å². The maximum Gasteiger partial charge on any atom is 0.263 e. The molecule has 2 aromatic carbocycles. The molecule has 0 aliphatic heterocycles. The van der Waals surface area contributed by atoms with E-state index in [2.05, 4.69) is 29.1 Å². The van der Waals surface area contributed by atoms with Crippen LogP contribution in [0.4, 0.5) is 11.5 Å². The van der Waals surface area contributed by atoms with Crippen molar-refractivity contribution in [2.75, 3.05) is 38.0 Å². The van der Waals surface area contributed by atoms with E-state index in [0.29, 0.717) is 23.9 Å². The van der Waals surface area contributed by atoms with Gasteiger partial charge in [0.2, 0.25) is 0 Å². The van der Waals surface area contributed by atoms with Gasteiger partial charge < -0.3 is 19.7 Å². The van der Waals surface area contributed by atoms with E-state index < -0.39 is 0 Å². The van der Waals surface area contributed by atoms with Gasteiger partial charge in [-0.1, -0.05) is 24.3 Å². The second-order valence-electron chi connectivity index (χ2n) is 7.25. The first-order valence-electron chi connectivity index (χ1n) is 9.98. The third-order valence-corrected chi connectivity index (χ3v) is 4.74. The van der Waals surface area contributed by atoms with Crippen molar-refractivity contribution in [3.8, 4) is 11.5 Å². The third kappa shape index (κ3) is 5.88. The van der Waals surface area contributed by atoms with E-state index in [0.717, 1.165) is 23.2 Å². The van der Waals surface area contributed by atoms with Gasteiger partial charge in [0.15, 0.2) is 18.1 Å².